The molecule has 8 heteroatoms. The lowest BCUT2D eigenvalue weighted by molar-refractivity contribution is 0.0495. The summed E-state index contributed by atoms with van der Waals surface area (Å²) in [6.07, 6.45) is 3.98. The molecule has 8 nitrogen and oxygen atoms in total. The molecular formula is C17H22N6O2. The van der Waals surface area contributed by atoms with Gasteiger partial charge in [0.25, 0.3) is 5.56 Å². The molecule has 1 spiro atoms. The maximum atomic E-state index is 13.2. The Balaban J connectivity index is 1.84. The largest absolute Gasteiger partial charge is 0.373 e. The molecule has 0 amide bonds. The lowest BCUT2D eigenvalue weighted by atomic mass is 9.98. The molecule has 1 fully saturated rings. The topological polar surface area (TPSA) is 95.3 Å². The van der Waals surface area contributed by atoms with E-state index in [1.165, 1.54) is 6.33 Å². The van der Waals surface area contributed by atoms with Crippen LogP contribution in [0.1, 0.15) is 30.3 Å². The molecule has 2 aromatic rings. The van der Waals surface area contributed by atoms with Gasteiger partial charge in [-0.3, -0.25) is 14.7 Å². The zero-order valence-electron chi connectivity index (χ0n) is 14.4. The first kappa shape index (κ1) is 16.2. The number of likely N-dealkylation sites (tertiary alicyclic amines) is 1. The number of nitrogens with zero attached hydrogens (tertiary/aromatic N) is 4. The van der Waals surface area contributed by atoms with Crippen molar-refractivity contribution >= 4 is 11.5 Å². The van der Waals surface area contributed by atoms with Crippen LogP contribution < -0.4 is 16.2 Å². The highest BCUT2D eigenvalue weighted by Crippen LogP contribution is 2.36. The molecule has 0 saturated carbocycles. The van der Waals surface area contributed by atoms with Crippen LogP contribution in [-0.4, -0.2) is 44.7 Å². The van der Waals surface area contributed by atoms with Crippen LogP contribution in [0.5, 0.6) is 0 Å². The number of anilines is 2. The van der Waals surface area contributed by atoms with Crippen LogP contribution in [0.2, 0.25) is 0 Å². The van der Waals surface area contributed by atoms with Crippen LogP contribution in [-0.2, 0) is 5.66 Å². The fourth-order valence-corrected chi connectivity index (χ4v) is 4.05. The summed E-state index contributed by atoms with van der Waals surface area (Å²) in [6, 6.07) is 3.48. The number of hydrogen-bond donors (Lipinski definition) is 3. The number of aryl methyl sites for hydroxylation is 1. The number of aliphatic hydroxyl groups excluding tert-OH is 1. The summed E-state index contributed by atoms with van der Waals surface area (Å²) >= 11 is 0. The molecule has 0 bridgehead atoms. The van der Waals surface area contributed by atoms with Gasteiger partial charge in [0.05, 0.1) is 5.69 Å². The van der Waals surface area contributed by atoms with Crippen molar-refractivity contribution in [3.63, 3.8) is 0 Å². The van der Waals surface area contributed by atoms with E-state index in [0.29, 0.717) is 23.7 Å². The summed E-state index contributed by atoms with van der Waals surface area (Å²) in [6.45, 7) is 3.57. The lowest BCUT2D eigenvalue weighted by Gasteiger charge is -2.40. The van der Waals surface area contributed by atoms with Crippen molar-refractivity contribution in [3.05, 3.63) is 46.3 Å². The van der Waals surface area contributed by atoms with E-state index >= 15 is 0 Å². The van der Waals surface area contributed by atoms with Crippen molar-refractivity contribution < 1.29 is 5.11 Å². The zero-order chi connectivity index (χ0) is 17.6. The summed E-state index contributed by atoms with van der Waals surface area (Å²) in [7, 11) is 2.04. The van der Waals surface area contributed by atoms with Gasteiger partial charge in [0, 0.05) is 12.7 Å². The van der Waals surface area contributed by atoms with Gasteiger partial charge in [0.1, 0.15) is 29.7 Å². The molecule has 4 heterocycles. The molecule has 132 valence electrons. The standard InChI is InChI=1S/C17H22N6O2/c1-11-8-12(20-13-4-6-18-10-19-13)16(25)23-14(11)15(24)21-17(23)5-3-7-22(2)9-17/h4,6,8,10,15,21,24H,3,5,7,9H2,1-2H3,(H,18,19,20). The van der Waals surface area contributed by atoms with Gasteiger partial charge in [-0.25, -0.2) is 9.97 Å². The normalized spacial score (nSPS) is 26.0. The third-order valence-electron chi connectivity index (χ3n) is 5.04. The van der Waals surface area contributed by atoms with Crippen LogP contribution in [0, 0.1) is 6.92 Å². The number of pyridine rings is 1. The Bertz CT molecular complexity index is 852. The molecule has 0 radical (unpaired) electrons. The first-order chi connectivity index (χ1) is 12.0. The van der Waals surface area contributed by atoms with Crippen molar-refractivity contribution in [1.82, 2.24) is 24.8 Å². The lowest BCUT2D eigenvalue weighted by Crippen LogP contribution is -2.56. The SMILES string of the molecule is Cc1cc(Nc2ccncn2)c(=O)n2c1C(O)NC21CCCN(C)C1. The van der Waals surface area contributed by atoms with Crippen LogP contribution in [0.3, 0.4) is 0 Å². The quantitative estimate of drug-likeness (QED) is 0.738. The Morgan fingerprint density at radius 3 is 3.04 bits per heavy atom. The molecule has 2 aliphatic heterocycles. The molecule has 2 aromatic heterocycles. The van der Waals surface area contributed by atoms with Gasteiger partial charge < -0.3 is 15.3 Å². The zero-order valence-corrected chi connectivity index (χ0v) is 14.4. The average molecular weight is 342 g/mol. The molecule has 2 aliphatic rings. The first-order valence-electron chi connectivity index (χ1n) is 8.44. The van der Waals surface area contributed by atoms with Crippen molar-refractivity contribution in [2.24, 2.45) is 0 Å². The monoisotopic (exact) mass is 342 g/mol. The summed E-state index contributed by atoms with van der Waals surface area (Å²) in [4.78, 5) is 23.4. The molecule has 4 rings (SSSR count). The second-order valence-electron chi connectivity index (χ2n) is 6.91. The summed E-state index contributed by atoms with van der Waals surface area (Å²) < 4.78 is 1.74. The van der Waals surface area contributed by atoms with E-state index in [4.69, 9.17) is 0 Å². The highest BCUT2D eigenvalue weighted by molar-refractivity contribution is 5.56. The fraction of sp³-hybridized carbons (Fsp3) is 0.471. The Hall–Kier alpha value is -2.29. The highest BCUT2D eigenvalue weighted by Gasteiger charge is 2.46. The number of rotatable bonds is 2. The number of likely N-dealkylation sites (N-methyl/N-ethyl adjacent to an activating group) is 1. The van der Waals surface area contributed by atoms with E-state index in [1.807, 2.05) is 14.0 Å². The van der Waals surface area contributed by atoms with Crippen molar-refractivity contribution in [1.29, 1.82) is 0 Å². The number of aliphatic hydroxyl groups is 1. The minimum atomic E-state index is -0.840. The molecule has 25 heavy (non-hydrogen) atoms. The van der Waals surface area contributed by atoms with Gasteiger partial charge in [-0.1, -0.05) is 0 Å². The van der Waals surface area contributed by atoms with Gasteiger partial charge in [-0.2, -0.15) is 0 Å². The van der Waals surface area contributed by atoms with Crippen molar-refractivity contribution in [2.45, 2.75) is 31.7 Å². The van der Waals surface area contributed by atoms with Crippen molar-refractivity contribution in [2.75, 3.05) is 25.5 Å². The van der Waals surface area contributed by atoms with Crippen LogP contribution >= 0.6 is 0 Å². The Labute approximate surface area is 145 Å². The summed E-state index contributed by atoms with van der Waals surface area (Å²) in [5.74, 6) is 0.563. The third-order valence-corrected chi connectivity index (χ3v) is 5.04. The van der Waals surface area contributed by atoms with Crippen molar-refractivity contribution in [3.8, 4) is 0 Å². The van der Waals surface area contributed by atoms with Gasteiger partial charge in [0.2, 0.25) is 0 Å². The van der Waals surface area contributed by atoms with E-state index < -0.39 is 11.9 Å². The Morgan fingerprint density at radius 1 is 1.48 bits per heavy atom. The minimum Gasteiger partial charge on any atom is -0.373 e. The predicted molar refractivity (Wildman–Crippen MR) is 93.6 cm³/mol. The smallest absolute Gasteiger partial charge is 0.276 e. The number of piperidine rings is 1. The van der Waals surface area contributed by atoms with Crippen LogP contribution in [0.25, 0.3) is 0 Å². The number of nitrogens with one attached hydrogen (secondary N) is 2. The van der Waals surface area contributed by atoms with Crippen LogP contribution in [0.4, 0.5) is 11.5 Å². The predicted octanol–water partition coefficient (Wildman–Crippen LogP) is 0.663. The highest BCUT2D eigenvalue weighted by atomic mass is 16.3. The van der Waals surface area contributed by atoms with E-state index in [2.05, 4.69) is 25.5 Å². The van der Waals surface area contributed by atoms with E-state index in [-0.39, 0.29) is 5.56 Å². The summed E-state index contributed by atoms with van der Waals surface area (Å²) in [5, 5.41) is 16.9. The summed E-state index contributed by atoms with van der Waals surface area (Å²) in [5.41, 5.74) is 1.23. The van der Waals surface area contributed by atoms with Gasteiger partial charge in [-0.05, 0) is 51.1 Å². The molecule has 3 N–H and O–H groups in total. The molecule has 2 unspecified atom stereocenters. The van der Waals surface area contributed by atoms with Gasteiger partial charge >= 0.3 is 0 Å². The second-order valence-corrected chi connectivity index (χ2v) is 6.91. The second kappa shape index (κ2) is 5.91. The first-order valence-corrected chi connectivity index (χ1v) is 8.44. The Morgan fingerprint density at radius 2 is 2.32 bits per heavy atom. The molecule has 1 saturated heterocycles. The third kappa shape index (κ3) is 2.62. The molecule has 0 aliphatic carbocycles. The van der Waals surface area contributed by atoms with Gasteiger partial charge in [0.15, 0.2) is 0 Å². The number of fused-ring (bicyclic) bond motifs is 2. The van der Waals surface area contributed by atoms with Gasteiger partial charge in [-0.15, -0.1) is 0 Å². The van der Waals surface area contributed by atoms with E-state index in [1.54, 1.807) is 22.9 Å². The molecule has 0 aromatic carbocycles. The van der Waals surface area contributed by atoms with Crippen LogP contribution in [0.15, 0.2) is 29.5 Å². The number of aromatic nitrogens is 3. The Kier molecular flexibility index (Phi) is 3.82. The number of hydrogen-bond acceptors (Lipinski definition) is 7. The minimum absolute atomic E-state index is 0.154. The van der Waals surface area contributed by atoms with E-state index in [9.17, 15) is 9.90 Å². The maximum absolute atomic E-state index is 13.2. The molecule has 2 atom stereocenters. The van der Waals surface area contributed by atoms with E-state index in [0.717, 1.165) is 24.9 Å². The maximum Gasteiger partial charge on any atom is 0.276 e. The average Bonchev–Trinajstić information content (AvgIpc) is 2.85. The molecular weight excluding hydrogens is 320 g/mol. The fourth-order valence-electron chi connectivity index (χ4n) is 4.05.